The lowest BCUT2D eigenvalue weighted by atomic mass is 9.97. The van der Waals surface area contributed by atoms with Crippen LogP contribution in [0.4, 0.5) is 0 Å². The third-order valence-corrected chi connectivity index (χ3v) is 2.49. The fourth-order valence-corrected chi connectivity index (χ4v) is 1.60. The third-order valence-electron chi connectivity index (χ3n) is 2.49. The van der Waals surface area contributed by atoms with Gasteiger partial charge < -0.3 is 9.47 Å². The summed E-state index contributed by atoms with van der Waals surface area (Å²) >= 11 is 0. The molecule has 0 saturated carbocycles. The molecule has 3 heteroatoms. The van der Waals surface area contributed by atoms with E-state index in [1.807, 2.05) is 13.8 Å². The number of methoxy groups -OCH3 is 2. The summed E-state index contributed by atoms with van der Waals surface area (Å²) < 4.78 is 10.2. The lowest BCUT2D eigenvalue weighted by molar-refractivity contribution is 0.0458. The van der Waals surface area contributed by atoms with Crippen LogP contribution in [0.25, 0.3) is 0 Å². The Balaban J connectivity index is 2.86. The van der Waals surface area contributed by atoms with Gasteiger partial charge in [0.2, 0.25) is 0 Å². The van der Waals surface area contributed by atoms with Crippen molar-refractivity contribution in [1.29, 1.82) is 0 Å². The Kier molecular flexibility index (Phi) is 4.50. The van der Waals surface area contributed by atoms with Crippen LogP contribution in [0.3, 0.4) is 0 Å². The number of hydrogen-bond donors (Lipinski definition) is 0. The first kappa shape index (κ1) is 12.7. The van der Waals surface area contributed by atoms with Crippen molar-refractivity contribution in [2.45, 2.75) is 20.0 Å². The van der Waals surface area contributed by atoms with Crippen molar-refractivity contribution in [3.05, 3.63) is 29.8 Å². The van der Waals surface area contributed by atoms with Crippen molar-refractivity contribution in [1.82, 2.24) is 0 Å². The number of Topliss-reactive ketones (excluding diaryl/α,β-unsaturated/α-hetero) is 1. The number of ketones is 1. The zero-order valence-corrected chi connectivity index (χ0v) is 10.2. The molecule has 1 unspecified atom stereocenters. The van der Waals surface area contributed by atoms with Crippen LogP contribution in [0.2, 0.25) is 0 Å². The van der Waals surface area contributed by atoms with Crippen LogP contribution in [-0.4, -0.2) is 26.1 Å². The number of carbonyl (C=O) groups is 1. The van der Waals surface area contributed by atoms with E-state index in [1.165, 1.54) is 0 Å². The summed E-state index contributed by atoms with van der Waals surface area (Å²) in [6, 6.07) is 7.08. The monoisotopic (exact) mass is 222 g/mol. The van der Waals surface area contributed by atoms with Crippen LogP contribution in [-0.2, 0) is 4.74 Å². The number of hydrogen-bond acceptors (Lipinski definition) is 3. The average molecular weight is 222 g/mol. The first-order chi connectivity index (χ1) is 7.60. The van der Waals surface area contributed by atoms with Crippen LogP contribution >= 0.6 is 0 Å². The highest BCUT2D eigenvalue weighted by molar-refractivity contribution is 5.99. The molecule has 0 spiro atoms. The van der Waals surface area contributed by atoms with Gasteiger partial charge in [-0.25, -0.2) is 0 Å². The molecule has 16 heavy (non-hydrogen) atoms. The average Bonchev–Trinajstić information content (AvgIpc) is 2.29. The molecular formula is C13H18O3. The molecule has 0 radical (unpaired) electrons. The molecule has 0 aliphatic heterocycles. The Morgan fingerprint density at radius 1 is 1.12 bits per heavy atom. The predicted octanol–water partition coefficient (Wildman–Crippen LogP) is 2.55. The summed E-state index contributed by atoms with van der Waals surface area (Å²) in [5.41, 5.74) is 0.654. The maximum atomic E-state index is 12.1. The molecule has 0 aromatic heterocycles. The second-order valence-electron chi connectivity index (χ2n) is 3.99. The minimum absolute atomic E-state index is 0.0140. The zero-order valence-electron chi connectivity index (χ0n) is 10.2. The second-order valence-corrected chi connectivity index (χ2v) is 3.99. The molecule has 0 aliphatic carbocycles. The highest BCUT2D eigenvalue weighted by atomic mass is 16.5. The number of ether oxygens (including phenoxy) is 2. The van der Waals surface area contributed by atoms with Gasteiger partial charge >= 0.3 is 0 Å². The van der Waals surface area contributed by atoms with Gasteiger partial charge in [0.05, 0.1) is 7.11 Å². The van der Waals surface area contributed by atoms with Crippen LogP contribution < -0.4 is 4.74 Å². The fraction of sp³-hybridized carbons (Fsp3) is 0.462. The van der Waals surface area contributed by atoms with E-state index in [-0.39, 0.29) is 17.8 Å². The minimum Gasteiger partial charge on any atom is -0.497 e. The van der Waals surface area contributed by atoms with Crippen molar-refractivity contribution >= 4 is 5.78 Å². The van der Waals surface area contributed by atoms with Crippen molar-refractivity contribution in [3.63, 3.8) is 0 Å². The largest absolute Gasteiger partial charge is 0.497 e. The normalized spacial score (nSPS) is 12.6. The van der Waals surface area contributed by atoms with Gasteiger partial charge in [0.1, 0.15) is 11.9 Å². The molecular weight excluding hydrogens is 204 g/mol. The molecule has 88 valence electrons. The predicted molar refractivity (Wildman–Crippen MR) is 63.0 cm³/mol. The Bertz CT molecular complexity index is 341. The van der Waals surface area contributed by atoms with Gasteiger partial charge in [-0.15, -0.1) is 0 Å². The van der Waals surface area contributed by atoms with E-state index < -0.39 is 0 Å². The minimum atomic E-state index is -0.381. The van der Waals surface area contributed by atoms with Crippen molar-refractivity contribution < 1.29 is 14.3 Å². The summed E-state index contributed by atoms with van der Waals surface area (Å²) in [6.45, 7) is 3.94. The van der Waals surface area contributed by atoms with Gasteiger partial charge in [0.15, 0.2) is 5.78 Å². The molecule has 0 saturated heterocycles. The van der Waals surface area contributed by atoms with E-state index in [1.54, 1.807) is 38.5 Å². The van der Waals surface area contributed by atoms with Gasteiger partial charge in [0, 0.05) is 12.7 Å². The Morgan fingerprint density at radius 3 is 2.06 bits per heavy atom. The topological polar surface area (TPSA) is 35.5 Å². The molecule has 0 fully saturated rings. The van der Waals surface area contributed by atoms with Crippen LogP contribution in [0, 0.1) is 5.92 Å². The molecule has 0 N–H and O–H groups in total. The first-order valence-electron chi connectivity index (χ1n) is 5.31. The lowest BCUT2D eigenvalue weighted by Gasteiger charge is -2.17. The van der Waals surface area contributed by atoms with Gasteiger partial charge in [-0.1, -0.05) is 13.8 Å². The Morgan fingerprint density at radius 2 is 1.69 bits per heavy atom. The number of benzene rings is 1. The SMILES string of the molecule is COc1ccc(C(=O)C(OC)C(C)C)cc1. The smallest absolute Gasteiger partial charge is 0.191 e. The number of carbonyl (C=O) groups excluding carboxylic acids is 1. The molecule has 3 nitrogen and oxygen atoms in total. The van der Waals surface area contributed by atoms with Crippen molar-refractivity contribution in [2.75, 3.05) is 14.2 Å². The summed E-state index contributed by atoms with van der Waals surface area (Å²) in [7, 11) is 3.16. The number of rotatable bonds is 5. The molecule has 0 aliphatic rings. The van der Waals surface area contributed by atoms with E-state index in [4.69, 9.17) is 9.47 Å². The molecule has 0 bridgehead atoms. The van der Waals surface area contributed by atoms with E-state index in [9.17, 15) is 4.79 Å². The van der Waals surface area contributed by atoms with E-state index in [0.717, 1.165) is 5.75 Å². The maximum Gasteiger partial charge on any atom is 0.191 e. The summed E-state index contributed by atoms with van der Waals surface area (Å²) in [5.74, 6) is 0.926. The molecule has 0 amide bonds. The standard InChI is InChI=1S/C13H18O3/c1-9(2)13(16-4)12(14)10-5-7-11(15-3)8-6-10/h5-9,13H,1-4H3. The molecule has 1 aromatic rings. The summed E-state index contributed by atoms with van der Waals surface area (Å²) in [6.07, 6.45) is -0.381. The zero-order chi connectivity index (χ0) is 12.1. The second kappa shape index (κ2) is 5.66. The highest BCUT2D eigenvalue weighted by Crippen LogP contribution is 2.16. The molecule has 1 aromatic carbocycles. The Labute approximate surface area is 96.4 Å². The van der Waals surface area contributed by atoms with Crippen LogP contribution in [0.1, 0.15) is 24.2 Å². The summed E-state index contributed by atoms with van der Waals surface area (Å²) in [5, 5.41) is 0. The van der Waals surface area contributed by atoms with Crippen LogP contribution in [0.5, 0.6) is 5.75 Å². The molecule has 1 rings (SSSR count). The van der Waals surface area contributed by atoms with Gasteiger partial charge in [-0.3, -0.25) is 4.79 Å². The van der Waals surface area contributed by atoms with Gasteiger partial charge in [0.25, 0.3) is 0 Å². The summed E-state index contributed by atoms with van der Waals surface area (Å²) in [4.78, 5) is 12.1. The quantitative estimate of drug-likeness (QED) is 0.718. The lowest BCUT2D eigenvalue weighted by Crippen LogP contribution is -2.28. The van der Waals surface area contributed by atoms with Crippen molar-refractivity contribution in [3.8, 4) is 5.75 Å². The highest BCUT2D eigenvalue weighted by Gasteiger charge is 2.22. The van der Waals surface area contributed by atoms with Gasteiger partial charge in [-0.05, 0) is 30.2 Å². The van der Waals surface area contributed by atoms with E-state index in [0.29, 0.717) is 5.56 Å². The van der Waals surface area contributed by atoms with E-state index >= 15 is 0 Å². The maximum absolute atomic E-state index is 12.1. The third kappa shape index (κ3) is 2.83. The van der Waals surface area contributed by atoms with Crippen molar-refractivity contribution in [2.24, 2.45) is 5.92 Å². The first-order valence-corrected chi connectivity index (χ1v) is 5.31. The van der Waals surface area contributed by atoms with Gasteiger partial charge in [-0.2, -0.15) is 0 Å². The molecule has 1 atom stereocenters. The molecule has 0 heterocycles. The Hall–Kier alpha value is -1.35. The fourth-order valence-electron chi connectivity index (χ4n) is 1.60. The van der Waals surface area contributed by atoms with Crippen LogP contribution in [0.15, 0.2) is 24.3 Å². The van der Waals surface area contributed by atoms with E-state index in [2.05, 4.69) is 0 Å².